The number of hydrogen-bond acceptors (Lipinski definition) is 5. The molecule has 1 amide bonds. The van der Waals surface area contributed by atoms with Gasteiger partial charge in [0.15, 0.2) is 5.82 Å². The van der Waals surface area contributed by atoms with Gasteiger partial charge in [0.1, 0.15) is 11.5 Å². The molecule has 0 aliphatic heterocycles. The zero-order valence-corrected chi connectivity index (χ0v) is 9.29. The molecular weight excluding hydrogens is 220 g/mol. The second-order valence-electron chi connectivity index (χ2n) is 3.34. The quantitative estimate of drug-likeness (QED) is 0.804. The number of carbonyl (C=O) groups is 1. The summed E-state index contributed by atoms with van der Waals surface area (Å²) in [6.07, 6.45) is 4.44. The van der Waals surface area contributed by atoms with Crippen LogP contribution in [0.1, 0.15) is 17.4 Å². The fraction of sp³-hybridized carbons (Fsp3) is 0.200. The van der Waals surface area contributed by atoms with Crippen molar-refractivity contribution in [3.05, 3.63) is 30.4 Å². The first-order chi connectivity index (χ1) is 8.19. The van der Waals surface area contributed by atoms with Gasteiger partial charge in [-0.1, -0.05) is 0 Å². The van der Waals surface area contributed by atoms with Crippen molar-refractivity contribution in [3.8, 4) is 0 Å². The van der Waals surface area contributed by atoms with Crippen LogP contribution in [0.4, 0.5) is 11.6 Å². The van der Waals surface area contributed by atoms with Gasteiger partial charge in [0, 0.05) is 18.8 Å². The van der Waals surface area contributed by atoms with Crippen molar-refractivity contribution in [2.24, 2.45) is 0 Å². The molecule has 2 rings (SSSR count). The number of rotatable bonds is 3. The van der Waals surface area contributed by atoms with E-state index in [1.54, 1.807) is 16.9 Å². The van der Waals surface area contributed by atoms with Gasteiger partial charge in [0.25, 0.3) is 5.91 Å². The van der Waals surface area contributed by atoms with E-state index in [1.807, 2.05) is 6.92 Å². The van der Waals surface area contributed by atoms with Crippen molar-refractivity contribution in [1.82, 2.24) is 19.7 Å². The van der Waals surface area contributed by atoms with Crippen LogP contribution < -0.4 is 11.1 Å². The van der Waals surface area contributed by atoms with Crippen LogP contribution in [0.15, 0.2) is 24.7 Å². The van der Waals surface area contributed by atoms with Crippen molar-refractivity contribution in [2.45, 2.75) is 13.5 Å². The molecule has 0 bridgehead atoms. The predicted molar refractivity (Wildman–Crippen MR) is 62.3 cm³/mol. The number of nitrogens with one attached hydrogen (secondary N) is 1. The topological polar surface area (TPSA) is 98.7 Å². The molecule has 2 aromatic heterocycles. The number of amides is 1. The summed E-state index contributed by atoms with van der Waals surface area (Å²) in [5, 5.41) is 6.74. The monoisotopic (exact) mass is 232 g/mol. The molecule has 0 radical (unpaired) electrons. The fourth-order valence-electron chi connectivity index (χ4n) is 1.24. The highest BCUT2D eigenvalue weighted by Gasteiger charge is 2.09. The molecule has 7 nitrogen and oxygen atoms in total. The van der Waals surface area contributed by atoms with Crippen LogP contribution in [-0.4, -0.2) is 25.7 Å². The van der Waals surface area contributed by atoms with Gasteiger partial charge >= 0.3 is 0 Å². The Hall–Kier alpha value is -2.44. The maximum atomic E-state index is 11.7. The third-order valence-electron chi connectivity index (χ3n) is 2.11. The molecule has 88 valence electrons. The number of nitrogens with two attached hydrogens (primary N) is 1. The Morgan fingerprint density at radius 3 is 2.88 bits per heavy atom. The van der Waals surface area contributed by atoms with Crippen LogP contribution >= 0.6 is 0 Å². The van der Waals surface area contributed by atoms with Crippen LogP contribution in [0.3, 0.4) is 0 Å². The number of nitrogens with zero attached hydrogens (tertiary/aromatic N) is 4. The second kappa shape index (κ2) is 4.60. The van der Waals surface area contributed by atoms with E-state index in [4.69, 9.17) is 5.73 Å². The van der Waals surface area contributed by atoms with Crippen LogP contribution in [0, 0.1) is 0 Å². The lowest BCUT2D eigenvalue weighted by atomic mass is 10.4. The van der Waals surface area contributed by atoms with Crippen molar-refractivity contribution >= 4 is 17.5 Å². The van der Waals surface area contributed by atoms with E-state index in [0.717, 1.165) is 6.54 Å². The van der Waals surface area contributed by atoms with Gasteiger partial charge in [0.2, 0.25) is 0 Å². The maximum absolute atomic E-state index is 11.7. The Balaban J connectivity index is 2.08. The van der Waals surface area contributed by atoms with E-state index in [-0.39, 0.29) is 17.4 Å². The zero-order valence-electron chi connectivity index (χ0n) is 9.29. The molecule has 0 saturated heterocycles. The van der Waals surface area contributed by atoms with Gasteiger partial charge in [-0.15, -0.1) is 0 Å². The van der Waals surface area contributed by atoms with Crippen LogP contribution in [0.2, 0.25) is 0 Å². The van der Waals surface area contributed by atoms with Gasteiger partial charge < -0.3 is 11.1 Å². The SMILES string of the molecule is CCn1ccc(NC(=O)c2cnc(N)cn2)n1. The summed E-state index contributed by atoms with van der Waals surface area (Å²) >= 11 is 0. The molecular formula is C10H12N6O. The smallest absolute Gasteiger partial charge is 0.277 e. The number of hydrogen-bond donors (Lipinski definition) is 2. The molecule has 0 spiro atoms. The number of carbonyl (C=O) groups excluding carboxylic acids is 1. The summed E-state index contributed by atoms with van der Waals surface area (Å²) in [7, 11) is 0. The lowest BCUT2D eigenvalue weighted by Crippen LogP contribution is -2.15. The Morgan fingerprint density at radius 1 is 1.47 bits per heavy atom. The summed E-state index contributed by atoms with van der Waals surface area (Å²) in [6.45, 7) is 2.71. The molecule has 17 heavy (non-hydrogen) atoms. The third-order valence-corrected chi connectivity index (χ3v) is 2.11. The second-order valence-corrected chi connectivity index (χ2v) is 3.34. The summed E-state index contributed by atoms with van der Waals surface area (Å²) < 4.78 is 1.71. The zero-order chi connectivity index (χ0) is 12.3. The van der Waals surface area contributed by atoms with Gasteiger partial charge in [-0.2, -0.15) is 5.10 Å². The Bertz CT molecular complexity index is 518. The first kappa shape index (κ1) is 11.1. The molecule has 7 heteroatoms. The highest BCUT2D eigenvalue weighted by Crippen LogP contribution is 2.05. The fourth-order valence-corrected chi connectivity index (χ4v) is 1.24. The average Bonchev–Trinajstić information content (AvgIpc) is 2.77. The molecule has 0 aromatic carbocycles. The highest BCUT2D eigenvalue weighted by atomic mass is 16.2. The average molecular weight is 232 g/mol. The van der Waals surface area contributed by atoms with E-state index in [1.165, 1.54) is 12.4 Å². The van der Waals surface area contributed by atoms with E-state index in [9.17, 15) is 4.79 Å². The van der Waals surface area contributed by atoms with E-state index >= 15 is 0 Å². The van der Waals surface area contributed by atoms with Crippen LogP contribution in [0.25, 0.3) is 0 Å². The Kier molecular flexibility index (Phi) is 2.99. The van der Waals surface area contributed by atoms with Crippen molar-refractivity contribution in [2.75, 3.05) is 11.1 Å². The number of aryl methyl sites for hydroxylation is 1. The molecule has 0 aliphatic rings. The van der Waals surface area contributed by atoms with Gasteiger partial charge in [-0.05, 0) is 6.92 Å². The third kappa shape index (κ3) is 2.57. The summed E-state index contributed by atoms with van der Waals surface area (Å²) in [6, 6.07) is 1.71. The van der Waals surface area contributed by atoms with Crippen LogP contribution in [0.5, 0.6) is 0 Å². The van der Waals surface area contributed by atoms with E-state index < -0.39 is 0 Å². The number of nitrogen functional groups attached to an aromatic ring is 1. The Labute approximate surface area is 97.7 Å². The number of anilines is 2. The summed E-state index contributed by atoms with van der Waals surface area (Å²) in [5.74, 6) is 0.395. The lowest BCUT2D eigenvalue weighted by Gasteiger charge is -2.00. The molecule has 0 saturated carbocycles. The highest BCUT2D eigenvalue weighted by molar-refractivity contribution is 6.02. The molecule has 0 aliphatic carbocycles. The first-order valence-electron chi connectivity index (χ1n) is 5.11. The predicted octanol–water partition coefficient (Wildman–Crippen LogP) is 0.527. The van der Waals surface area contributed by atoms with Crippen molar-refractivity contribution in [1.29, 1.82) is 0 Å². The minimum absolute atomic E-state index is 0.199. The molecule has 2 aromatic rings. The minimum atomic E-state index is -0.362. The van der Waals surface area contributed by atoms with E-state index in [0.29, 0.717) is 5.82 Å². The number of aromatic nitrogens is 4. The molecule has 3 N–H and O–H groups in total. The molecule has 2 heterocycles. The molecule has 0 fully saturated rings. The minimum Gasteiger partial charge on any atom is -0.382 e. The summed E-state index contributed by atoms with van der Waals surface area (Å²) in [4.78, 5) is 19.4. The van der Waals surface area contributed by atoms with Gasteiger partial charge in [0.05, 0.1) is 12.4 Å². The maximum Gasteiger partial charge on any atom is 0.277 e. The standard InChI is InChI=1S/C10H12N6O/c1-2-16-4-3-9(15-16)14-10(17)7-5-13-8(11)6-12-7/h3-6H,2H2,1H3,(H2,11,13)(H,14,15,17). The largest absolute Gasteiger partial charge is 0.382 e. The van der Waals surface area contributed by atoms with E-state index in [2.05, 4.69) is 20.4 Å². The van der Waals surface area contributed by atoms with Gasteiger partial charge in [-0.25, -0.2) is 9.97 Å². The lowest BCUT2D eigenvalue weighted by molar-refractivity contribution is 0.102. The first-order valence-corrected chi connectivity index (χ1v) is 5.11. The van der Waals surface area contributed by atoms with Crippen molar-refractivity contribution in [3.63, 3.8) is 0 Å². The van der Waals surface area contributed by atoms with Crippen molar-refractivity contribution < 1.29 is 4.79 Å². The normalized spacial score (nSPS) is 10.2. The molecule has 0 unspecified atom stereocenters. The van der Waals surface area contributed by atoms with Gasteiger partial charge in [-0.3, -0.25) is 9.48 Å². The van der Waals surface area contributed by atoms with Crippen LogP contribution in [-0.2, 0) is 6.54 Å². The Morgan fingerprint density at radius 2 is 2.29 bits per heavy atom. The molecule has 0 atom stereocenters. The summed E-state index contributed by atoms with van der Waals surface area (Å²) in [5.41, 5.74) is 5.58.